The average Bonchev–Trinajstić information content (AvgIpc) is 2.98. The molecule has 1 aromatic heterocycles. The fourth-order valence-electron chi connectivity index (χ4n) is 5.45. The Morgan fingerprint density at radius 3 is 2.26 bits per heavy atom. The van der Waals surface area contributed by atoms with Crippen molar-refractivity contribution < 1.29 is 8.42 Å². The smallest absolute Gasteiger partial charge is 0.245 e. The largest absolute Gasteiger partial charge is 0.368 e. The van der Waals surface area contributed by atoms with Gasteiger partial charge in [0, 0.05) is 48.5 Å². The summed E-state index contributed by atoms with van der Waals surface area (Å²) in [5, 5.41) is 0.823. The fraction of sp³-hybridized carbons (Fsp3) is 0.156. The summed E-state index contributed by atoms with van der Waals surface area (Å²) in [6, 6.07) is 37.8. The van der Waals surface area contributed by atoms with Crippen LogP contribution in [0, 0.1) is 0 Å². The van der Waals surface area contributed by atoms with Crippen LogP contribution < -0.4 is 4.90 Å². The topological polar surface area (TPSA) is 53.5 Å². The lowest BCUT2D eigenvalue weighted by molar-refractivity contribution is 0.288. The van der Waals surface area contributed by atoms with E-state index in [2.05, 4.69) is 58.4 Å². The number of pyridine rings is 1. The zero-order valence-electron chi connectivity index (χ0n) is 21.0. The minimum atomic E-state index is -3.78. The molecule has 5 nitrogen and oxygen atoms in total. The van der Waals surface area contributed by atoms with Crippen molar-refractivity contribution in [3.63, 3.8) is 0 Å². The number of hydrogen-bond acceptors (Lipinski definition) is 4. The van der Waals surface area contributed by atoms with E-state index in [1.807, 2.05) is 54.6 Å². The predicted molar refractivity (Wildman–Crippen MR) is 154 cm³/mol. The van der Waals surface area contributed by atoms with E-state index in [4.69, 9.17) is 0 Å². The summed E-state index contributed by atoms with van der Waals surface area (Å²) in [4.78, 5) is 7.05. The Morgan fingerprint density at radius 1 is 0.737 bits per heavy atom. The van der Waals surface area contributed by atoms with Gasteiger partial charge in [0.15, 0.2) is 0 Å². The van der Waals surface area contributed by atoms with Gasteiger partial charge in [0.1, 0.15) is 4.90 Å². The number of benzene rings is 4. The molecule has 1 unspecified atom stereocenters. The predicted octanol–water partition coefficient (Wildman–Crippen LogP) is 6.02. The molecule has 0 N–H and O–H groups in total. The van der Waals surface area contributed by atoms with Gasteiger partial charge >= 0.3 is 0 Å². The second-order valence-corrected chi connectivity index (χ2v) is 11.5. The van der Waals surface area contributed by atoms with Gasteiger partial charge in [-0.05, 0) is 35.7 Å². The highest BCUT2D eigenvalue weighted by atomic mass is 32.2. The normalized spacial score (nSPS) is 16.5. The Morgan fingerprint density at radius 2 is 1.45 bits per heavy atom. The zero-order valence-corrected chi connectivity index (χ0v) is 21.8. The van der Waals surface area contributed by atoms with Crippen molar-refractivity contribution in [2.45, 2.75) is 17.4 Å². The lowest BCUT2D eigenvalue weighted by Crippen LogP contribution is -2.56. The number of para-hydroxylation sites is 2. The summed E-state index contributed by atoms with van der Waals surface area (Å²) in [5.41, 5.74) is 5.07. The van der Waals surface area contributed by atoms with E-state index in [1.165, 1.54) is 0 Å². The van der Waals surface area contributed by atoms with Crippen LogP contribution in [0.5, 0.6) is 0 Å². The average molecular weight is 520 g/mol. The van der Waals surface area contributed by atoms with Crippen LogP contribution in [0.4, 0.5) is 5.69 Å². The van der Waals surface area contributed by atoms with Gasteiger partial charge < -0.3 is 4.90 Å². The van der Waals surface area contributed by atoms with Gasteiger partial charge in [-0.2, -0.15) is 4.31 Å². The molecule has 2 heterocycles. The molecule has 6 heteroatoms. The van der Waals surface area contributed by atoms with Crippen LogP contribution in [0.25, 0.3) is 22.0 Å². The van der Waals surface area contributed by atoms with Gasteiger partial charge in [0.05, 0.1) is 5.52 Å². The van der Waals surface area contributed by atoms with E-state index >= 15 is 0 Å². The molecule has 0 spiro atoms. The van der Waals surface area contributed by atoms with E-state index in [0.717, 1.165) is 27.8 Å². The monoisotopic (exact) mass is 519 g/mol. The summed E-state index contributed by atoms with van der Waals surface area (Å²) in [6.45, 7) is 1.59. The first-order chi connectivity index (χ1) is 18.6. The van der Waals surface area contributed by atoms with Crippen LogP contribution in [-0.4, -0.2) is 43.4 Å². The first kappa shape index (κ1) is 24.3. The molecule has 0 saturated carbocycles. The molecule has 1 saturated heterocycles. The number of aromatic nitrogens is 1. The minimum Gasteiger partial charge on any atom is -0.368 e. The number of fused-ring (bicyclic) bond motifs is 1. The molecular weight excluding hydrogens is 490 g/mol. The van der Waals surface area contributed by atoms with Crippen LogP contribution in [0.3, 0.4) is 0 Å². The lowest BCUT2D eigenvalue weighted by atomic mass is 10.00. The molecule has 190 valence electrons. The van der Waals surface area contributed by atoms with E-state index in [-0.39, 0.29) is 10.9 Å². The van der Waals surface area contributed by atoms with Crippen molar-refractivity contribution in [1.29, 1.82) is 0 Å². The molecule has 0 aliphatic carbocycles. The third-order valence-corrected chi connectivity index (χ3v) is 9.24. The Kier molecular flexibility index (Phi) is 6.66. The third-order valence-electron chi connectivity index (χ3n) is 7.25. The maximum absolute atomic E-state index is 14.2. The van der Waals surface area contributed by atoms with Crippen LogP contribution in [-0.2, 0) is 16.4 Å². The first-order valence-corrected chi connectivity index (χ1v) is 14.3. The summed E-state index contributed by atoms with van der Waals surface area (Å²) in [6.07, 6.45) is 2.28. The van der Waals surface area contributed by atoms with Crippen molar-refractivity contribution in [1.82, 2.24) is 9.29 Å². The van der Waals surface area contributed by atoms with Crippen LogP contribution >= 0.6 is 0 Å². The van der Waals surface area contributed by atoms with E-state index in [0.29, 0.717) is 31.6 Å². The second kappa shape index (κ2) is 10.4. The van der Waals surface area contributed by atoms with Gasteiger partial charge in [-0.1, -0.05) is 97.1 Å². The molecule has 5 aromatic rings. The maximum Gasteiger partial charge on any atom is 0.245 e. The van der Waals surface area contributed by atoms with Crippen LogP contribution in [0.2, 0.25) is 0 Å². The van der Waals surface area contributed by atoms with Crippen LogP contribution in [0.15, 0.2) is 126 Å². The van der Waals surface area contributed by atoms with Crippen molar-refractivity contribution in [3.05, 3.63) is 127 Å². The molecule has 1 aliphatic rings. The SMILES string of the molecule is O=S(=O)(c1cccc2cccnc12)N1CCN(c2ccccc2-c2ccccc2)CC1Cc1ccccc1. The molecular formula is C32H29N3O2S. The van der Waals surface area contributed by atoms with E-state index < -0.39 is 10.0 Å². The van der Waals surface area contributed by atoms with Crippen molar-refractivity contribution in [2.24, 2.45) is 0 Å². The van der Waals surface area contributed by atoms with E-state index in [1.54, 1.807) is 22.6 Å². The van der Waals surface area contributed by atoms with Crippen LogP contribution in [0.1, 0.15) is 5.56 Å². The number of hydrogen-bond donors (Lipinski definition) is 0. The number of sulfonamides is 1. The quantitative estimate of drug-likeness (QED) is 0.275. The van der Waals surface area contributed by atoms with Gasteiger partial charge in [-0.25, -0.2) is 8.42 Å². The van der Waals surface area contributed by atoms with Gasteiger partial charge in [-0.15, -0.1) is 0 Å². The van der Waals surface area contributed by atoms with Gasteiger partial charge in [0.25, 0.3) is 0 Å². The molecule has 0 radical (unpaired) electrons. The Hall–Kier alpha value is -4.00. The molecule has 1 aliphatic heterocycles. The summed E-state index contributed by atoms with van der Waals surface area (Å²) >= 11 is 0. The molecule has 6 rings (SSSR count). The standard InChI is InChI=1S/C32H29N3O2S/c36-38(37,31-19-9-15-27-16-10-20-33-32(27)31)35-22-21-34(24-28(35)23-25-11-3-1-4-12-25)30-18-8-7-17-29(30)26-13-5-2-6-14-26/h1-20,28H,21-24H2. The summed E-state index contributed by atoms with van der Waals surface area (Å²) in [7, 11) is -3.78. The highest BCUT2D eigenvalue weighted by molar-refractivity contribution is 7.89. The van der Waals surface area contributed by atoms with Gasteiger partial charge in [0.2, 0.25) is 10.0 Å². The van der Waals surface area contributed by atoms with E-state index in [9.17, 15) is 8.42 Å². The Bertz CT molecular complexity index is 1650. The maximum atomic E-state index is 14.2. The number of rotatable bonds is 6. The van der Waals surface area contributed by atoms with Gasteiger partial charge in [-0.3, -0.25) is 4.98 Å². The summed E-state index contributed by atoms with van der Waals surface area (Å²) in [5.74, 6) is 0. The Labute approximate surface area is 224 Å². The number of nitrogens with zero attached hydrogens (tertiary/aromatic N) is 3. The summed E-state index contributed by atoms with van der Waals surface area (Å²) < 4.78 is 30.1. The van der Waals surface area contributed by atoms with Crippen molar-refractivity contribution >= 4 is 26.6 Å². The lowest BCUT2D eigenvalue weighted by Gasteiger charge is -2.42. The molecule has 1 fully saturated rings. The van der Waals surface area contributed by atoms with Crippen molar-refractivity contribution in [3.8, 4) is 11.1 Å². The highest BCUT2D eigenvalue weighted by Gasteiger charge is 2.37. The first-order valence-electron chi connectivity index (χ1n) is 12.9. The highest BCUT2D eigenvalue weighted by Crippen LogP contribution is 2.34. The third kappa shape index (κ3) is 4.69. The molecule has 38 heavy (non-hydrogen) atoms. The molecule has 4 aromatic carbocycles. The molecule has 1 atom stereocenters. The number of piperazine rings is 1. The zero-order chi connectivity index (χ0) is 26.0. The molecule has 0 amide bonds. The second-order valence-electron chi connectivity index (χ2n) is 9.62. The minimum absolute atomic E-state index is 0.237. The molecule has 0 bridgehead atoms. The van der Waals surface area contributed by atoms with Crippen molar-refractivity contribution in [2.75, 3.05) is 24.5 Å². The fourth-order valence-corrected chi connectivity index (χ4v) is 7.22. The number of anilines is 1. The Balaban J connectivity index is 1.39.